The number of rotatable bonds is 30. The van der Waals surface area contributed by atoms with E-state index in [2.05, 4.69) is 62.5 Å². The number of thiol groups is 2. The van der Waals surface area contributed by atoms with Crippen molar-refractivity contribution in [1.29, 1.82) is 0 Å². The van der Waals surface area contributed by atoms with E-state index >= 15 is 4.79 Å². The summed E-state index contributed by atoms with van der Waals surface area (Å²) in [5, 5.41) is 51.0. The molecule has 20 nitrogen and oxygen atoms in total. The smallest absolute Gasteiger partial charge is 0.327 e. The maximum Gasteiger partial charge on any atom is 0.327 e. The Kier molecular flexibility index (Phi) is 24.6. The molecule has 0 spiro atoms. The van der Waals surface area contributed by atoms with Crippen molar-refractivity contribution in [2.45, 2.75) is 113 Å². The number of aliphatic hydroxyl groups is 1. The first-order valence-electron chi connectivity index (χ1n) is 25.9. The fourth-order valence-corrected chi connectivity index (χ4v) is 9.00. The normalized spacial score (nSPS) is 15.0. The Hall–Kier alpha value is -7.50. The monoisotopic (exact) mass is 1120 g/mol. The number of hydrogen-bond acceptors (Lipinski definition) is 14. The van der Waals surface area contributed by atoms with Gasteiger partial charge in [-0.15, -0.1) is 0 Å². The molecular formula is C57H71N9O11S2. The van der Waals surface area contributed by atoms with E-state index in [0.717, 1.165) is 10.8 Å². The Bertz CT molecular complexity index is 2850. The minimum Gasteiger partial charge on any atom is -0.508 e. The van der Waals surface area contributed by atoms with Gasteiger partial charge in [-0.25, -0.2) is 4.79 Å². The van der Waals surface area contributed by atoms with Crippen LogP contribution in [0.4, 0.5) is 0 Å². The van der Waals surface area contributed by atoms with Gasteiger partial charge < -0.3 is 64.0 Å². The van der Waals surface area contributed by atoms with E-state index < -0.39 is 108 Å². The molecule has 0 fully saturated rings. The molecule has 5 aromatic rings. The topological polar surface area (TPSA) is 333 Å². The molecule has 0 heterocycles. The second-order valence-electron chi connectivity index (χ2n) is 19.3. The molecule has 0 aliphatic rings. The van der Waals surface area contributed by atoms with Gasteiger partial charge in [0, 0.05) is 36.7 Å². The largest absolute Gasteiger partial charge is 0.508 e. The fourth-order valence-electron chi connectivity index (χ4n) is 8.59. The second-order valence-corrected chi connectivity index (χ2v) is 20.0. The van der Waals surface area contributed by atoms with Crippen LogP contribution in [-0.2, 0) is 57.6 Å². The molecule has 0 aliphatic heterocycles. The van der Waals surface area contributed by atoms with Crippen LogP contribution in [0.15, 0.2) is 127 Å². The second kappa shape index (κ2) is 31.2. The van der Waals surface area contributed by atoms with Crippen molar-refractivity contribution in [3.63, 3.8) is 0 Å². The summed E-state index contributed by atoms with van der Waals surface area (Å²) in [7, 11) is 0. The SMILES string of the molecule is C[C@@H](O)[C@H](NC(=O)[C@H](CCCCN)NC(=O)[C@@H](NC(=O)[C@H](Cc1ccc(O)cc1)NC(=O)[C@H](Cc1ccccc1)NC(=O)[C@@H](N)CS)[C@@H](C)c1ccc2ccccc2c1)C(=O)N[C@@H](Cc1ccccc1)C(=O)N[C@@H](CS)C(=O)O. The molecule has 0 aromatic heterocycles. The van der Waals surface area contributed by atoms with Crippen molar-refractivity contribution in [3.05, 3.63) is 150 Å². The van der Waals surface area contributed by atoms with Crippen molar-refractivity contribution in [1.82, 2.24) is 37.2 Å². The number of nitrogens with one attached hydrogen (secondary N) is 7. The number of unbranched alkanes of at least 4 members (excludes halogenated alkanes) is 1. The number of carbonyl (C=O) groups excluding carboxylic acids is 7. The quantitative estimate of drug-likeness (QED) is 0.0230. The molecule has 5 aromatic carbocycles. The van der Waals surface area contributed by atoms with Crippen LogP contribution in [0.2, 0.25) is 0 Å². The molecule has 0 radical (unpaired) electrons. The van der Waals surface area contributed by atoms with Crippen LogP contribution < -0.4 is 48.7 Å². The number of carbonyl (C=O) groups is 8. The van der Waals surface area contributed by atoms with Gasteiger partial charge in [0.15, 0.2) is 0 Å². The van der Waals surface area contributed by atoms with Gasteiger partial charge in [-0.3, -0.25) is 33.6 Å². The molecule has 0 saturated heterocycles. The summed E-state index contributed by atoms with van der Waals surface area (Å²) < 4.78 is 0. The number of amides is 7. The van der Waals surface area contributed by atoms with Gasteiger partial charge >= 0.3 is 5.97 Å². The van der Waals surface area contributed by atoms with Crippen LogP contribution in [0.25, 0.3) is 10.8 Å². The lowest BCUT2D eigenvalue weighted by molar-refractivity contribution is -0.141. The minimum absolute atomic E-state index is 0.00763. The zero-order chi connectivity index (χ0) is 57.6. The minimum atomic E-state index is -1.71. The summed E-state index contributed by atoms with van der Waals surface area (Å²) in [4.78, 5) is 112. The molecule has 5 rings (SSSR count). The predicted molar refractivity (Wildman–Crippen MR) is 306 cm³/mol. The van der Waals surface area contributed by atoms with Crippen LogP contribution >= 0.6 is 25.3 Å². The molecule has 422 valence electrons. The summed E-state index contributed by atoms with van der Waals surface area (Å²) in [6.45, 7) is 3.16. The van der Waals surface area contributed by atoms with Gasteiger partial charge in [-0.1, -0.05) is 122 Å². The van der Waals surface area contributed by atoms with Crippen LogP contribution in [0.1, 0.15) is 61.3 Å². The Morgan fingerprint density at radius 2 is 0.937 bits per heavy atom. The first-order valence-corrected chi connectivity index (χ1v) is 27.1. The molecule has 7 amide bonds. The van der Waals surface area contributed by atoms with E-state index in [1.807, 2.05) is 36.4 Å². The highest BCUT2D eigenvalue weighted by Gasteiger charge is 2.37. The van der Waals surface area contributed by atoms with Crippen molar-refractivity contribution in [3.8, 4) is 5.75 Å². The van der Waals surface area contributed by atoms with Crippen molar-refractivity contribution < 1.29 is 53.7 Å². The maximum absolute atomic E-state index is 15.0. The van der Waals surface area contributed by atoms with Crippen LogP contribution in [-0.4, -0.2) is 135 Å². The number of nitrogens with two attached hydrogens (primary N) is 2. The number of fused-ring (bicyclic) bond motifs is 1. The Balaban J connectivity index is 1.49. The fraction of sp³-hybridized carbons (Fsp3) is 0.368. The van der Waals surface area contributed by atoms with Gasteiger partial charge in [-0.2, -0.15) is 25.3 Å². The molecule has 0 aliphatic carbocycles. The number of phenolic OH excluding ortho intramolecular Hbond substituents is 1. The molecule has 14 N–H and O–H groups in total. The standard InChI is InChI=1S/C57H71N9O11S2/c1-33(39-23-22-38-17-9-10-18-40(38)30-39)48(65-54(73)46(29-37-20-24-41(68)25-21-37)62-52(71)44(61-50(69)42(59)31-78)27-35-13-5-3-6-14-35)55(74)60-43(19-11-12-26-58)51(70)66-49(34(2)67)56(75)63-45(28-36-15-7-4-8-16-36)53(72)64-47(32-79)57(76)77/h3-10,13-18,20-25,30,33-34,42-49,67-68,78-79H,11-12,19,26-29,31-32,58-59H2,1-2H3,(H,60,74)(H,61,69)(H,62,71)(H,63,75)(H,64,72)(H,65,73)(H,66,70)(H,76,77)/t33-,34+,42-,43-,44-,45-,46-,47-,48-,49-/m0/s1. The highest BCUT2D eigenvalue weighted by atomic mass is 32.1. The molecular weight excluding hydrogens is 1050 g/mol. The lowest BCUT2D eigenvalue weighted by Gasteiger charge is -2.31. The van der Waals surface area contributed by atoms with E-state index in [0.29, 0.717) is 35.1 Å². The Labute approximate surface area is 469 Å². The number of phenols is 1. The number of carboxylic acids is 1. The molecule has 0 unspecified atom stereocenters. The third-order valence-electron chi connectivity index (χ3n) is 13.2. The van der Waals surface area contributed by atoms with Gasteiger partial charge in [0.25, 0.3) is 0 Å². The number of aliphatic carboxylic acids is 1. The van der Waals surface area contributed by atoms with Gasteiger partial charge in [0.05, 0.1) is 12.1 Å². The number of hydrogen-bond donors (Lipinski definition) is 14. The number of aliphatic hydroxyl groups excluding tert-OH is 1. The predicted octanol–water partition coefficient (Wildman–Crippen LogP) is 1.55. The Morgan fingerprint density at radius 1 is 0.494 bits per heavy atom. The Morgan fingerprint density at radius 3 is 1.46 bits per heavy atom. The zero-order valence-corrected chi connectivity index (χ0v) is 45.7. The van der Waals surface area contributed by atoms with Crippen LogP contribution in [0.3, 0.4) is 0 Å². The van der Waals surface area contributed by atoms with Crippen LogP contribution in [0.5, 0.6) is 5.75 Å². The van der Waals surface area contributed by atoms with Crippen molar-refractivity contribution in [2.75, 3.05) is 18.1 Å². The lowest BCUT2D eigenvalue weighted by atomic mass is 9.90. The lowest BCUT2D eigenvalue weighted by Crippen LogP contribution is -2.62. The van der Waals surface area contributed by atoms with E-state index in [4.69, 9.17) is 11.5 Å². The average Bonchev–Trinajstić information content (AvgIpc) is 3.45. The highest BCUT2D eigenvalue weighted by molar-refractivity contribution is 7.80. The van der Waals surface area contributed by atoms with Crippen molar-refractivity contribution >= 4 is 83.3 Å². The van der Waals surface area contributed by atoms with Gasteiger partial charge in [0.1, 0.15) is 48.0 Å². The van der Waals surface area contributed by atoms with Crippen molar-refractivity contribution in [2.24, 2.45) is 11.5 Å². The number of carboxylic acid groups (broad SMARTS) is 1. The third-order valence-corrected chi connectivity index (χ3v) is 14.0. The van der Waals surface area contributed by atoms with E-state index in [1.165, 1.54) is 19.1 Å². The van der Waals surface area contributed by atoms with Gasteiger partial charge in [-0.05, 0) is 77.9 Å². The summed E-state index contributed by atoms with van der Waals surface area (Å²) in [6.07, 6.45) is -1.14. The first-order chi connectivity index (χ1) is 37.8. The zero-order valence-electron chi connectivity index (χ0n) is 43.9. The summed E-state index contributed by atoms with van der Waals surface area (Å²) >= 11 is 8.17. The van der Waals surface area contributed by atoms with E-state index in [1.54, 1.807) is 85.8 Å². The molecule has 0 saturated carbocycles. The molecule has 79 heavy (non-hydrogen) atoms. The summed E-state index contributed by atoms with van der Waals surface area (Å²) in [5.41, 5.74) is 14.2. The number of benzene rings is 5. The van der Waals surface area contributed by atoms with Gasteiger partial charge in [0.2, 0.25) is 41.4 Å². The molecule has 22 heteroatoms. The first kappa shape index (κ1) is 62.3. The van der Waals surface area contributed by atoms with Crippen LogP contribution in [0, 0.1) is 0 Å². The van der Waals surface area contributed by atoms with E-state index in [-0.39, 0.29) is 49.5 Å². The molecule has 0 bridgehead atoms. The summed E-state index contributed by atoms with van der Waals surface area (Å²) in [6, 6.07) is 25.2. The van der Waals surface area contributed by atoms with E-state index in [9.17, 15) is 48.9 Å². The summed E-state index contributed by atoms with van der Waals surface area (Å²) in [5.74, 6) is -8.41. The third kappa shape index (κ3) is 19.1. The average molecular weight is 1120 g/mol. The number of aromatic hydroxyl groups is 1. The maximum atomic E-state index is 15.0. The molecule has 10 atom stereocenters. The highest BCUT2D eigenvalue weighted by Crippen LogP contribution is 2.25.